The molecule has 1 N–H and O–H groups in total. The van der Waals surface area contributed by atoms with Gasteiger partial charge in [0.2, 0.25) is 0 Å². The first kappa shape index (κ1) is 14.9. The molecule has 0 spiro atoms. The second kappa shape index (κ2) is 6.37. The Bertz CT molecular complexity index is 484. The molecule has 3 nitrogen and oxygen atoms in total. The summed E-state index contributed by atoms with van der Waals surface area (Å²) in [6.07, 6.45) is 6.48. The highest BCUT2D eigenvalue weighted by atomic mass is 16.5. The molecule has 0 saturated heterocycles. The maximum absolute atomic E-state index is 5.40. The molecule has 116 valence electrons. The smallest absolute Gasteiger partial charge is 0.119 e. The minimum atomic E-state index is 0.485. The normalized spacial score (nSPS) is 23.0. The Morgan fingerprint density at radius 2 is 2.14 bits per heavy atom. The van der Waals surface area contributed by atoms with Crippen LogP contribution >= 0.6 is 0 Å². The first-order valence-electron chi connectivity index (χ1n) is 8.31. The summed E-state index contributed by atoms with van der Waals surface area (Å²) in [6, 6.07) is 8.47. The van der Waals surface area contributed by atoms with Crippen molar-refractivity contribution in [2.45, 2.75) is 57.2 Å². The van der Waals surface area contributed by atoms with Gasteiger partial charge in [0.25, 0.3) is 0 Å². The standard InChI is InChI=1S/C18H28N2O/c1-13(20(2)15-8-9-15)12-19-18-6-4-5-14-7-10-16(21-3)11-17(14)18/h7,10-11,13,15,18-19H,4-6,8-9,12H2,1-3H3. The van der Waals surface area contributed by atoms with Gasteiger partial charge in [-0.25, -0.2) is 0 Å². The third-order valence-corrected chi connectivity index (χ3v) is 5.15. The fraction of sp³-hybridized carbons (Fsp3) is 0.667. The lowest BCUT2D eigenvalue weighted by atomic mass is 9.87. The Morgan fingerprint density at radius 3 is 2.86 bits per heavy atom. The van der Waals surface area contributed by atoms with Crippen LogP contribution in [0.15, 0.2) is 18.2 Å². The average Bonchev–Trinajstić information content (AvgIpc) is 3.36. The Hall–Kier alpha value is -1.06. The monoisotopic (exact) mass is 288 g/mol. The predicted molar refractivity (Wildman–Crippen MR) is 86.9 cm³/mol. The summed E-state index contributed by atoms with van der Waals surface area (Å²) in [7, 11) is 4.02. The summed E-state index contributed by atoms with van der Waals surface area (Å²) in [5, 5.41) is 3.80. The topological polar surface area (TPSA) is 24.5 Å². The van der Waals surface area contributed by atoms with Crippen LogP contribution in [0.1, 0.15) is 49.8 Å². The quantitative estimate of drug-likeness (QED) is 0.870. The van der Waals surface area contributed by atoms with Crippen LogP contribution in [0, 0.1) is 0 Å². The van der Waals surface area contributed by atoms with Crippen LogP contribution in [0.5, 0.6) is 5.75 Å². The number of ether oxygens (including phenoxy) is 1. The van der Waals surface area contributed by atoms with Gasteiger partial charge >= 0.3 is 0 Å². The molecule has 0 heterocycles. The number of hydrogen-bond donors (Lipinski definition) is 1. The van der Waals surface area contributed by atoms with Crippen molar-refractivity contribution >= 4 is 0 Å². The SMILES string of the molecule is COc1ccc2c(c1)C(NCC(C)N(C)C1CC1)CCC2. The van der Waals surface area contributed by atoms with Crippen LogP contribution in [0.3, 0.4) is 0 Å². The molecule has 1 fully saturated rings. The molecule has 1 saturated carbocycles. The number of nitrogens with one attached hydrogen (secondary N) is 1. The number of methoxy groups -OCH3 is 1. The van der Waals surface area contributed by atoms with Gasteiger partial charge in [-0.3, -0.25) is 4.90 Å². The maximum atomic E-state index is 5.40. The number of aryl methyl sites for hydroxylation is 1. The number of nitrogens with zero attached hydrogens (tertiary/aromatic N) is 1. The summed E-state index contributed by atoms with van der Waals surface area (Å²) in [5.74, 6) is 0.977. The van der Waals surface area contributed by atoms with E-state index in [1.807, 2.05) is 0 Å². The van der Waals surface area contributed by atoms with Crippen LogP contribution in [0.2, 0.25) is 0 Å². The maximum Gasteiger partial charge on any atom is 0.119 e. The molecular weight excluding hydrogens is 260 g/mol. The molecular formula is C18H28N2O. The largest absolute Gasteiger partial charge is 0.497 e. The zero-order chi connectivity index (χ0) is 14.8. The van der Waals surface area contributed by atoms with Gasteiger partial charge in [0.15, 0.2) is 0 Å². The number of hydrogen-bond acceptors (Lipinski definition) is 3. The molecule has 2 aliphatic rings. The first-order chi connectivity index (χ1) is 10.2. The third kappa shape index (κ3) is 3.41. The predicted octanol–water partition coefficient (Wildman–Crippen LogP) is 3.14. The fourth-order valence-electron chi connectivity index (χ4n) is 3.41. The van der Waals surface area contributed by atoms with Crippen LogP contribution in [-0.4, -0.2) is 37.7 Å². The number of rotatable bonds is 6. The molecule has 1 aromatic rings. The molecule has 2 aliphatic carbocycles. The van der Waals surface area contributed by atoms with E-state index in [0.29, 0.717) is 12.1 Å². The van der Waals surface area contributed by atoms with E-state index in [1.165, 1.54) is 43.2 Å². The summed E-state index contributed by atoms with van der Waals surface area (Å²) in [5.41, 5.74) is 2.93. The van der Waals surface area contributed by atoms with Gasteiger partial charge in [0.05, 0.1) is 7.11 Å². The highest BCUT2D eigenvalue weighted by Crippen LogP contribution is 2.32. The molecule has 2 unspecified atom stereocenters. The highest BCUT2D eigenvalue weighted by Gasteiger charge is 2.29. The summed E-state index contributed by atoms with van der Waals surface area (Å²) in [4.78, 5) is 2.53. The Kier molecular flexibility index (Phi) is 4.51. The Balaban J connectivity index is 1.64. The van der Waals surface area contributed by atoms with Crippen LogP contribution in [0.25, 0.3) is 0 Å². The van der Waals surface area contributed by atoms with E-state index >= 15 is 0 Å². The first-order valence-corrected chi connectivity index (χ1v) is 8.31. The third-order valence-electron chi connectivity index (χ3n) is 5.15. The van der Waals surface area contributed by atoms with E-state index in [-0.39, 0.29) is 0 Å². The van der Waals surface area contributed by atoms with E-state index in [4.69, 9.17) is 4.74 Å². The molecule has 2 atom stereocenters. The minimum Gasteiger partial charge on any atom is -0.497 e. The van der Waals surface area contributed by atoms with Crippen LogP contribution in [0.4, 0.5) is 0 Å². The van der Waals surface area contributed by atoms with E-state index in [2.05, 4.69) is 42.4 Å². The zero-order valence-electron chi connectivity index (χ0n) is 13.6. The van der Waals surface area contributed by atoms with Crippen molar-refractivity contribution in [1.29, 1.82) is 0 Å². The van der Waals surface area contributed by atoms with Gasteiger partial charge in [-0.2, -0.15) is 0 Å². The number of fused-ring (bicyclic) bond motifs is 1. The van der Waals surface area contributed by atoms with Crippen molar-refractivity contribution in [3.8, 4) is 5.75 Å². The number of likely N-dealkylation sites (N-methyl/N-ethyl adjacent to an activating group) is 1. The lowest BCUT2D eigenvalue weighted by Crippen LogP contribution is -2.40. The van der Waals surface area contributed by atoms with Gasteiger partial charge < -0.3 is 10.1 Å². The Labute approximate surface area is 128 Å². The van der Waals surface area contributed by atoms with E-state index in [9.17, 15) is 0 Å². The van der Waals surface area contributed by atoms with Crippen molar-refractivity contribution in [3.63, 3.8) is 0 Å². The van der Waals surface area contributed by atoms with Gasteiger partial charge in [-0.15, -0.1) is 0 Å². The highest BCUT2D eigenvalue weighted by molar-refractivity contribution is 5.39. The lowest BCUT2D eigenvalue weighted by Gasteiger charge is -2.31. The molecule has 0 bridgehead atoms. The second-order valence-electron chi connectivity index (χ2n) is 6.66. The van der Waals surface area contributed by atoms with Crippen molar-refractivity contribution in [2.24, 2.45) is 0 Å². The van der Waals surface area contributed by atoms with E-state index in [1.54, 1.807) is 7.11 Å². The van der Waals surface area contributed by atoms with Crippen LogP contribution < -0.4 is 10.1 Å². The van der Waals surface area contributed by atoms with Crippen molar-refractivity contribution in [2.75, 3.05) is 20.7 Å². The van der Waals surface area contributed by atoms with Crippen molar-refractivity contribution in [3.05, 3.63) is 29.3 Å². The van der Waals surface area contributed by atoms with Crippen molar-refractivity contribution < 1.29 is 4.74 Å². The molecule has 3 heteroatoms. The lowest BCUT2D eigenvalue weighted by molar-refractivity contribution is 0.233. The van der Waals surface area contributed by atoms with E-state index in [0.717, 1.165) is 18.3 Å². The summed E-state index contributed by atoms with van der Waals surface area (Å²) < 4.78 is 5.40. The van der Waals surface area contributed by atoms with Gasteiger partial charge in [-0.1, -0.05) is 6.07 Å². The van der Waals surface area contributed by atoms with Crippen LogP contribution in [-0.2, 0) is 6.42 Å². The summed E-state index contributed by atoms with van der Waals surface area (Å²) in [6.45, 7) is 3.40. The van der Waals surface area contributed by atoms with Crippen molar-refractivity contribution in [1.82, 2.24) is 10.2 Å². The average molecular weight is 288 g/mol. The molecule has 0 aliphatic heterocycles. The van der Waals surface area contributed by atoms with Gasteiger partial charge in [0, 0.05) is 24.7 Å². The van der Waals surface area contributed by atoms with Gasteiger partial charge in [-0.05, 0) is 69.3 Å². The zero-order valence-corrected chi connectivity index (χ0v) is 13.6. The van der Waals surface area contributed by atoms with E-state index < -0.39 is 0 Å². The molecule has 0 radical (unpaired) electrons. The fourth-order valence-corrected chi connectivity index (χ4v) is 3.41. The van der Waals surface area contributed by atoms with Gasteiger partial charge in [0.1, 0.15) is 5.75 Å². The second-order valence-corrected chi connectivity index (χ2v) is 6.66. The Morgan fingerprint density at radius 1 is 1.33 bits per heavy atom. The molecule has 0 aromatic heterocycles. The minimum absolute atomic E-state index is 0.485. The molecule has 0 amide bonds. The molecule has 1 aromatic carbocycles. The molecule has 3 rings (SSSR count). The molecule has 21 heavy (non-hydrogen) atoms. The summed E-state index contributed by atoms with van der Waals surface area (Å²) >= 11 is 0. The number of benzene rings is 1.